The molecule has 2 aromatic heterocycles. The Labute approximate surface area is 191 Å². The molecule has 0 bridgehead atoms. The number of hydrogen-bond acceptors (Lipinski definition) is 7. The minimum Gasteiger partial charge on any atom is -0.504 e. The van der Waals surface area contributed by atoms with E-state index in [1.54, 1.807) is 24.3 Å². The van der Waals surface area contributed by atoms with E-state index in [4.69, 9.17) is 9.15 Å². The third kappa shape index (κ3) is 3.96. The van der Waals surface area contributed by atoms with Crippen molar-refractivity contribution in [2.45, 2.75) is 20.1 Å². The number of halogens is 1. The predicted molar refractivity (Wildman–Crippen MR) is 123 cm³/mol. The van der Waals surface area contributed by atoms with Crippen LogP contribution in [0.4, 0.5) is 15.1 Å². The van der Waals surface area contributed by atoms with Crippen molar-refractivity contribution >= 4 is 44.9 Å². The van der Waals surface area contributed by atoms with E-state index in [0.717, 1.165) is 11.3 Å². The number of nitrogens with one attached hydrogen (secondary N) is 2. The van der Waals surface area contributed by atoms with Gasteiger partial charge in [-0.25, -0.2) is 9.18 Å². The zero-order chi connectivity index (χ0) is 23.7. The lowest BCUT2D eigenvalue weighted by Gasteiger charge is -2.11. The Kier molecular flexibility index (Phi) is 5.93. The Hall–Kier alpha value is -4.05. The maximum absolute atomic E-state index is 13.8. The summed E-state index contributed by atoms with van der Waals surface area (Å²) in [5, 5.41) is 27.2. The third-order valence-corrected chi connectivity index (χ3v) is 5.65. The minimum atomic E-state index is -1.27. The Balaban J connectivity index is 0.00000126. The summed E-state index contributed by atoms with van der Waals surface area (Å²) in [7, 11) is 0. The maximum atomic E-state index is 13.8. The molecule has 170 valence electrons. The van der Waals surface area contributed by atoms with Crippen LogP contribution in [0, 0.1) is 5.82 Å². The summed E-state index contributed by atoms with van der Waals surface area (Å²) in [6, 6.07) is 10.7. The minimum absolute atomic E-state index is 0.0685. The number of carboxylic acids is 1. The Morgan fingerprint density at radius 1 is 1.18 bits per heavy atom. The van der Waals surface area contributed by atoms with Gasteiger partial charge in [0.1, 0.15) is 16.3 Å². The van der Waals surface area contributed by atoms with E-state index in [1.807, 2.05) is 13.8 Å². The first-order valence-electron chi connectivity index (χ1n) is 10.0. The summed E-state index contributed by atoms with van der Waals surface area (Å²) >= 11 is 0.995. The van der Waals surface area contributed by atoms with Crippen molar-refractivity contribution in [3.63, 3.8) is 0 Å². The number of ether oxygens (including phenoxy) is 1. The number of aromatic hydroxyl groups is 1. The number of hydrogen-bond donors (Lipinski definition) is 4. The highest BCUT2D eigenvalue weighted by Gasteiger charge is 2.32. The molecule has 1 amide bonds. The molecule has 0 spiro atoms. The number of anilines is 2. The van der Waals surface area contributed by atoms with Crippen molar-refractivity contribution in [2.24, 2.45) is 0 Å². The van der Waals surface area contributed by atoms with Crippen molar-refractivity contribution in [2.75, 3.05) is 10.6 Å². The number of amides is 1. The van der Waals surface area contributed by atoms with Crippen LogP contribution >= 0.6 is 11.3 Å². The fourth-order valence-electron chi connectivity index (χ4n) is 3.35. The molecule has 2 aromatic carbocycles. The van der Waals surface area contributed by atoms with Gasteiger partial charge in [0, 0.05) is 16.3 Å². The van der Waals surface area contributed by atoms with Crippen LogP contribution in [0.3, 0.4) is 0 Å². The standard InChI is InChI=1S/C21H13FN2O6S.C2H6/c22-11-4-2-5-12-17(11)30-19(23-12)18(26)24-20-15(21(27)28)10(8-31-20)14-7-9-3-1-6-13(25)16(9)29-14;1-2/h1-8,19,23,25H,(H,24,26)(H,27,28);1-2H3. The van der Waals surface area contributed by atoms with E-state index in [2.05, 4.69) is 10.6 Å². The number of carboxylic acid groups (broad SMARTS) is 1. The van der Waals surface area contributed by atoms with Gasteiger partial charge in [-0.2, -0.15) is 0 Å². The number of fused-ring (bicyclic) bond motifs is 2. The van der Waals surface area contributed by atoms with E-state index in [1.165, 1.54) is 23.6 Å². The molecule has 1 aliphatic heterocycles. The second kappa shape index (κ2) is 8.83. The number of benzene rings is 2. The molecule has 4 aromatic rings. The number of furan rings is 1. The van der Waals surface area contributed by atoms with Crippen LogP contribution in [0.5, 0.6) is 11.5 Å². The molecule has 4 N–H and O–H groups in total. The predicted octanol–water partition coefficient (Wildman–Crippen LogP) is 5.50. The van der Waals surface area contributed by atoms with Crippen LogP contribution in [-0.2, 0) is 4.79 Å². The smallest absolute Gasteiger partial charge is 0.339 e. The molecule has 0 saturated carbocycles. The summed E-state index contributed by atoms with van der Waals surface area (Å²) in [6.45, 7) is 4.00. The molecule has 1 unspecified atom stereocenters. The van der Waals surface area contributed by atoms with Gasteiger partial charge >= 0.3 is 5.97 Å². The summed E-state index contributed by atoms with van der Waals surface area (Å²) in [6.07, 6.45) is -1.22. The van der Waals surface area contributed by atoms with Gasteiger partial charge in [0.05, 0.1) is 5.69 Å². The molecule has 5 rings (SSSR count). The number of phenols is 1. The van der Waals surface area contributed by atoms with Crippen molar-refractivity contribution in [3.05, 3.63) is 59.2 Å². The van der Waals surface area contributed by atoms with Gasteiger partial charge < -0.3 is 30.0 Å². The number of carbonyl (C=O) groups excluding carboxylic acids is 1. The molecular formula is C23H19FN2O6S. The lowest BCUT2D eigenvalue weighted by atomic mass is 10.1. The second-order valence-corrected chi connectivity index (χ2v) is 7.59. The molecule has 0 aliphatic carbocycles. The SMILES string of the molecule is CC.O=C(O)c1c(-c2cc3cccc(O)c3o2)csc1NC(=O)C1Nc2cccc(F)c2O1. The van der Waals surface area contributed by atoms with Gasteiger partial charge in [0.15, 0.2) is 22.9 Å². The first-order valence-corrected chi connectivity index (χ1v) is 10.9. The second-order valence-electron chi connectivity index (χ2n) is 6.71. The van der Waals surface area contributed by atoms with Gasteiger partial charge in [-0.15, -0.1) is 11.3 Å². The summed E-state index contributed by atoms with van der Waals surface area (Å²) in [5.74, 6) is -2.48. The van der Waals surface area contributed by atoms with Crippen LogP contribution in [-0.4, -0.2) is 28.3 Å². The zero-order valence-electron chi connectivity index (χ0n) is 17.5. The number of carbonyl (C=O) groups is 2. The summed E-state index contributed by atoms with van der Waals surface area (Å²) in [4.78, 5) is 24.6. The van der Waals surface area contributed by atoms with Gasteiger partial charge in [-0.3, -0.25) is 4.79 Å². The van der Waals surface area contributed by atoms with Gasteiger partial charge in [0.25, 0.3) is 5.91 Å². The number of rotatable bonds is 4. The molecule has 0 fully saturated rings. The summed E-state index contributed by atoms with van der Waals surface area (Å²) < 4.78 is 24.8. The Bertz CT molecular complexity index is 1360. The van der Waals surface area contributed by atoms with Crippen molar-refractivity contribution < 1.29 is 33.3 Å². The van der Waals surface area contributed by atoms with Gasteiger partial charge in [-0.1, -0.05) is 32.0 Å². The highest BCUT2D eigenvalue weighted by atomic mass is 32.1. The highest BCUT2D eigenvalue weighted by Crippen LogP contribution is 2.40. The quantitative estimate of drug-likeness (QED) is 0.311. The maximum Gasteiger partial charge on any atom is 0.339 e. The molecular weight excluding hydrogens is 451 g/mol. The van der Waals surface area contributed by atoms with E-state index < -0.39 is 23.9 Å². The molecule has 0 radical (unpaired) electrons. The molecule has 10 heteroatoms. The van der Waals surface area contributed by atoms with Crippen LogP contribution in [0.1, 0.15) is 24.2 Å². The molecule has 0 saturated heterocycles. The Morgan fingerprint density at radius 3 is 2.64 bits per heavy atom. The zero-order valence-corrected chi connectivity index (χ0v) is 18.3. The fourth-order valence-corrected chi connectivity index (χ4v) is 4.30. The van der Waals surface area contributed by atoms with Crippen LogP contribution < -0.4 is 15.4 Å². The van der Waals surface area contributed by atoms with E-state index in [0.29, 0.717) is 11.1 Å². The summed E-state index contributed by atoms with van der Waals surface area (Å²) in [5.41, 5.74) is 0.637. The Morgan fingerprint density at radius 2 is 1.94 bits per heavy atom. The molecule has 33 heavy (non-hydrogen) atoms. The monoisotopic (exact) mass is 470 g/mol. The highest BCUT2D eigenvalue weighted by molar-refractivity contribution is 7.15. The van der Waals surface area contributed by atoms with Gasteiger partial charge in [0.2, 0.25) is 6.23 Å². The molecule has 1 atom stereocenters. The van der Waals surface area contributed by atoms with Crippen LogP contribution in [0.2, 0.25) is 0 Å². The normalized spacial score (nSPS) is 14.0. The van der Waals surface area contributed by atoms with Crippen molar-refractivity contribution in [1.82, 2.24) is 0 Å². The lowest BCUT2D eigenvalue weighted by molar-refractivity contribution is -0.121. The van der Waals surface area contributed by atoms with Crippen molar-refractivity contribution in [1.29, 1.82) is 0 Å². The van der Waals surface area contributed by atoms with E-state index >= 15 is 0 Å². The average Bonchev–Trinajstić information content (AvgIpc) is 3.52. The van der Waals surface area contributed by atoms with E-state index in [-0.39, 0.29) is 39.0 Å². The number of phenolic OH excluding ortho intramolecular Hbond substituents is 1. The van der Waals surface area contributed by atoms with Crippen LogP contribution in [0.25, 0.3) is 22.3 Å². The largest absolute Gasteiger partial charge is 0.504 e. The fraction of sp³-hybridized carbons (Fsp3) is 0.130. The first kappa shape index (κ1) is 22.2. The average molecular weight is 470 g/mol. The number of thiophene rings is 1. The number of aromatic carboxylic acids is 1. The molecule has 8 nitrogen and oxygen atoms in total. The number of para-hydroxylation sites is 2. The third-order valence-electron chi connectivity index (χ3n) is 4.76. The first-order chi connectivity index (χ1) is 15.9. The topological polar surface area (TPSA) is 121 Å². The lowest BCUT2D eigenvalue weighted by Crippen LogP contribution is -2.36. The van der Waals surface area contributed by atoms with Gasteiger partial charge in [-0.05, 0) is 24.3 Å². The van der Waals surface area contributed by atoms with Crippen LogP contribution in [0.15, 0.2) is 52.3 Å². The van der Waals surface area contributed by atoms with E-state index in [9.17, 15) is 24.2 Å². The molecule has 1 aliphatic rings. The molecule has 3 heterocycles. The van der Waals surface area contributed by atoms with Crippen molar-refractivity contribution in [3.8, 4) is 22.8 Å².